The number of hydrogen-bond donors (Lipinski definition) is 2. The number of aromatic nitrogens is 1. The fourth-order valence-corrected chi connectivity index (χ4v) is 3.57. The van der Waals surface area contributed by atoms with Crippen LogP contribution in [-0.2, 0) is 0 Å². The zero-order chi connectivity index (χ0) is 12.8. The zero-order valence-corrected chi connectivity index (χ0v) is 12.1. The largest absolute Gasteiger partial charge is 0.330 e. The van der Waals surface area contributed by atoms with E-state index < -0.39 is 0 Å². The van der Waals surface area contributed by atoms with E-state index in [1.807, 2.05) is 11.6 Å². The van der Waals surface area contributed by atoms with Gasteiger partial charge in [-0.15, -0.1) is 11.3 Å². The van der Waals surface area contributed by atoms with Crippen molar-refractivity contribution in [3.63, 3.8) is 0 Å². The van der Waals surface area contributed by atoms with Crippen LogP contribution in [0.5, 0.6) is 0 Å². The van der Waals surface area contributed by atoms with Gasteiger partial charge in [0.1, 0.15) is 0 Å². The van der Waals surface area contributed by atoms with Crippen LogP contribution >= 0.6 is 11.3 Å². The summed E-state index contributed by atoms with van der Waals surface area (Å²) < 4.78 is 0. The third kappa shape index (κ3) is 3.53. The fourth-order valence-electron chi connectivity index (χ4n) is 2.87. The third-order valence-electron chi connectivity index (χ3n) is 4.17. The normalized spacial score (nSPS) is 20.8. The van der Waals surface area contributed by atoms with Crippen LogP contribution in [0.1, 0.15) is 50.0 Å². The Balaban J connectivity index is 1.76. The van der Waals surface area contributed by atoms with E-state index in [0.717, 1.165) is 19.6 Å². The lowest BCUT2D eigenvalue weighted by molar-refractivity contribution is 0.191. The van der Waals surface area contributed by atoms with Crippen molar-refractivity contribution < 1.29 is 0 Å². The predicted octanol–water partition coefficient (Wildman–Crippen LogP) is 2.75. The van der Waals surface area contributed by atoms with Gasteiger partial charge in [-0.3, -0.25) is 0 Å². The molecule has 1 aliphatic carbocycles. The SMILES string of the molecule is CC(CNCC1(CN)CCCCC1)c1nccs1. The van der Waals surface area contributed by atoms with Gasteiger partial charge in [-0.05, 0) is 24.8 Å². The second-order valence-electron chi connectivity index (χ2n) is 5.67. The summed E-state index contributed by atoms with van der Waals surface area (Å²) in [6.07, 6.45) is 8.56. The first-order valence-corrected chi connectivity index (χ1v) is 7.94. The number of rotatable bonds is 6. The van der Waals surface area contributed by atoms with Crippen molar-refractivity contribution in [2.24, 2.45) is 11.1 Å². The zero-order valence-electron chi connectivity index (χ0n) is 11.3. The Morgan fingerprint density at radius 3 is 2.83 bits per heavy atom. The fraction of sp³-hybridized carbons (Fsp3) is 0.786. The molecule has 1 saturated carbocycles. The average Bonchev–Trinajstić information content (AvgIpc) is 2.94. The van der Waals surface area contributed by atoms with Crippen molar-refractivity contribution in [2.75, 3.05) is 19.6 Å². The van der Waals surface area contributed by atoms with Gasteiger partial charge >= 0.3 is 0 Å². The van der Waals surface area contributed by atoms with E-state index in [9.17, 15) is 0 Å². The summed E-state index contributed by atoms with van der Waals surface area (Å²) in [5, 5.41) is 6.90. The van der Waals surface area contributed by atoms with Gasteiger partial charge in [-0.25, -0.2) is 4.98 Å². The lowest BCUT2D eigenvalue weighted by Crippen LogP contribution is -2.42. The van der Waals surface area contributed by atoms with Crippen molar-refractivity contribution in [1.29, 1.82) is 0 Å². The van der Waals surface area contributed by atoms with Crippen LogP contribution in [0.15, 0.2) is 11.6 Å². The minimum absolute atomic E-state index is 0.362. The molecule has 1 heterocycles. The quantitative estimate of drug-likeness (QED) is 0.833. The van der Waals surface area contributed by atoms with Crippen molar-refractivity contribution in [2.45, 2.75) is 44.9 Å². The summed E-state index contributed by atoms with van der Waals surface area (Å²) in [5.41, 5.74) is 6.36. The van der Waals surface area contributed by atoms with E-state index in [2.05, 4.69) is 17.2 Å². The smallest absolute Gasteiger partial charge is 0.0965 e. The van der Waals surface area contributed by atoms with Gasteiger partial charge in [0, 0.05) is 30.6 Å². The lowest BCUT2D eigenvalue weighted by atomic mass is 9.74. The van der Waals surface area contributed by atoms with Crippen molar-refractivity contribution in [3.05, 3.63) is 16.6 Å². The Kier molecular flexibility index (Phi) is 5.15. The van der Waals surface area contributed by atoms with Crippen LogP contribution in [0.2, 0.25) is 0 Å². The first-order valence-electron chi connectivity index (χ1n) is 7.06. The first kappa shape index (κ1) is 14.0. The van der Waals surface area contributed by atoms with Gasteiger partial charge in [0.25, 0.3) is 0 Å². The molecule has 1 aliphatic rings. The molecule has 0 spiro atoms. The van der Waals surface area contributed by atoms with Crippen LogP contribution in [0.3, 0.4) is 0 Å². The van der Waals surface area contributed by atoms with Gasteiger partial charge in [-0.1, -0.05) is 26.2 Å². The Hall–Kier alpha value is -0.450. The minimum atomic E-state index is 0.362. The Morgan fingerprint density at radius 1 is 1.44 bits per heavy atom. The number of nitrogens with two attached hydrogens (primary N) is 1. The van der Waals surface area contributed by atoms with Crippen molar-refractivity contribution in [3.8, 4) is 0 Å². The number of nitrogens with one attached hydrogen (secondary N) is 1. The highest BCUT2D eigenvalue weighted by atomic mass is 32.1. The standard InChI is InChI=1S/C14H25N3S/c1-12(13-17-7-8-18-13)9-16-11-14(10-15)5-3-2-4-6-14/h7-8,12,16H,2-6,9-11,15H2,1H3. The molecule has 1 atom stereocenters. The van der Waals surface area contributed by atoms with E-state index in [1.54, 1.807) is 11.3 Å². The molecule has 0 amide bonds. The highest BCUT2D eigenvalue weighted by Crippen LogP contribution is 2.34. The van der Waals surface area contributed by atoms with Crippen molar-refractivity contribution >= 4 is 11.3 Å². The number of nitrogens with zero attached hydrogens (tertiary/aromatic N) is 1. The van der Waals surface area contributed by atoms with Gasteiger partial charge in [0.2, 0.25) is 0 Å². The molecule has 0 aromatic carbocycles. The van der Waals surface area contributed by atoms with E-state index in [1.165, 1.54) is 37.1 Å². The number of thiazole rings is 1. The second-order valence-corrected chi connectivity index (χ2v) is 6.59. The van der Waals surface area contributed by atoms with Gasteiger partial charge in [0.15, 0.2) is 0 Å². The molecule has 0 saturated heterocycles. The summed E-state index contributed by atoms with van der Waals surface area (Å²) in [4.78, 5) is 4.37. The van der Waals surface area contributed by atoms with Crippen LogP contribution < -0.4 is 11.1 Å². The summed E-state index contributed by atoms with van der Waals surface area (Å²) in [7, 11) is 0. The molecular formula is C14H25N3S. The molecular weight excluding hydrogens is 242 g/mol. The highest BCUT2D eigenvalue weighted by molar-refractivity contribution is 7.09. The lowest BCUT2D eigenvalue weighted by Gasteiger charge is -2.36. The van der Waals surface area contributed by atoms with Gasteiger partial charge in [-0.2, -0.15) is 0 Å². The molecule has 102 valence electrons. The summed E-state index contributed by atoms with van der Waals surface area (Å²) in [5.74, 6) is 0.503. The van der Waals surface area contributed by atoms with Gasteiger partial charge < -0.3 is 11.1 Å². The van der Waals surface area contributed by atoms with Crippen LogP contribution in [0.25, 0.3) is 0 Å². The van der Waals surface area contributed by atoms with E-state index in [0.29, 0.717) is 11.3 Å². The van der Waals surface area contributed by atoms with Crippen molar-refractivity contribution in [1.82, 2.24) is 10.3 Å². The summed E-state index contributed by atoms with van der Waals surface area (Å²) in [6, 6.07) is 0. The summed E-state index contributed by atoms with van der Waals surface area (Å²) >= 11 is 1.75. The molecule has 1 aromatic heterocycles. The maximum atomic E-state index is 6.00. The molecule has 0 aliphatic heterocycles. The summed E-state index contributed by atoms with van der Waals surface area (Å²) in [6.45, 7) is 5.14. The molecule has 1 aromatic rings. The molecule has 3 N–H and O–H groups in total. The molecule has 0 bridgehead atoms. The van der Waals surface area contributed by atoms with E-state index >= 15 is 0 Å². The Labute approximate surface area is 114 Å². The Bertz CT molecular complexity index is 331. The Morgan fingerprint density at radius 2 is 2.22 bits per heavy atom. The molecule has 0 radical (unpaired) electrons. The molecule has 2 rings (SSSR count). The monoisotopic (exact) mass is 267 g/mol. The van der Waals surface area contributed by atoms with Crippen LogP contribution in [0, 0.1) is 5.41 Å². The van der Waals surface area contributed by atoms with Crippen LogP contribution in [-0.4, -0.2) is 24.6 Å². The second kappa shape index (κ2) is 6.64. The number of hydrogen-bond acceptors (Lipinski definition) is 4. The maximum absolute atomic E-state index is 6.00. The topological polar surface area (TPSA) is 50.9 Å². The molecule has 18 heavy (non-hydrogen) atoms. The predicted molar refractivity (Wildman–Crippen MR) is 78.0 cm³/mol. The molecule has 4 heteroatoms. The molecule has 3 nitrogen and oxygen atoms in total. The minimum Gasteiger partial charge on any atom is -0.330 e. The van der Waals surface area contributed by atoms with E-state index in [4.69, 9.17) is 5.73 Å². The molecule has 1 unspecified atom stereocenters. The highest BCUT2D eigenvalue weighted by Gasteiger charge is 2.30. The maximum Gasteiger partial charge on any atom is 0.0965 e. The van der Waals surface area contributed by atoms with E-state index in [-0.39, 0.29) is 0 Å². The molecule has 1 fully saturated rings. The third-order valence-corrected chi connectivity index (χ3v) is 5.18. The van der Waals surface area contributed by atoms with Crippen LogP contribution in [0.4, 0.5) is 0 Å². The average molecular weight is 267 g/mol. The van der Waals surface area contributed by atoms with Gasteiger partial charge in [0.05, 0.1) is 5.01 Å². The first-order chi connectivity index (χ1) is 8.76.